The maximum Gasteiger partial charge on any atom is 0.323 e. The van der Waals surface area contributed by atoms with Gasteiger partial charge in [0.05, 0.1) is 11.2 Å². The highest BCUT2D eigenvalue weighted by molar-refractivity contribution is 5.90. The fourth-order valence-electron chi connectivity index (χ4n) is 3.26. The standard InChI is InChI=1S/C18H20N6O/c1-23-9-8-16(22-23)13-6-10-24(11-7-13)18(25)19-17-12-14-4-2-3-5-15(14)20-21-17/h2-5,8-9,12-13H,6-7,10-11H2,1H3,(H,19,21,25). The number of hydrogen-bond donors (Lipinski definition) is 1. The summed E-state index contributed by atoms with van der Waals surface area (Å²) in [4.78, 5) is 14.3. The Kier molecular flexibility index (Phi) is 4.05. The number of carbonyl (C=O) groups excluding carboxylic acids is 1. The van der Waals surface area contributed by atoms with Gasteiger partial charge in [-0.25, -0.2) is 4.79 Å². The van der Waals surface area contributed by atoms with E-state index in [-0.39, 0.29) is 6.03 Å². The molecular weight excluding hydrogens is 316 g/mol. The Bertz CT molecular complexity index is 897. The van der Waals surface area contributed by atoms with Gasteiger partial charge in [-0.15, -0.1) is 10.2 Å². The molecule has 1 N–H and O–H groups in total. The van der Waals surface area contributed by atoms with E-state index in [0.29, 0.717) is 24.8 Å². The monoisotopic (exact) mass is 336 g/mol. The zero-order valence-corrected chi connectivity index (χ0v) is 14.1. The van der Waals surface area contributed by atoms with Crippen molar-refractivity contribution in [2.24, 2.45) is 7.05 Å². The molecule has 3 heterocycles. The number of anilines is 1. The lowest BCUT2D eigenvalue weighted by molar-refractivity contribution is 0.194. The third-order valence-electron chi connectivity index (χ3n) is 4.66. The Balaban J connectivity index is 1.38. The lowest BCUT2D eigenvalue weighted by Gasteiger charge is -2.31. The van der Waals surface area contributed by atoms with Crippen molar-refractivity contribution in [2.75, 3.05) is 18.4 Å². The molecule has 1 aromatic carbocycles. The molecule has 2 aromatic heterocycles. The van der Waals surface area contributed by atoms with Crippen molar-refractivity contribution >= 4 is 22.8 Å². The van der Waals surface area contributed by atoms with E-state index in [1.165, 1.54) is 0 Å². The van der Waals surface area contributed by atoms with Gasteiger partial charge in [-0.3, -0.25) is 10.00 Å². The highest BCUT2D eigenvalue weighted by Crippen LogP contribution is 2.27. The largest absolute Gasteiger partial charge is 0.324 e. The molecule has 3 aromatic rings. The second-order valence-corrected chi connectivity index (χ2v) is 6.39. The fraction of sp³-hybridized carbons (Fsp3) is 0.333. The smallest absolute Gasteiger partial charge is 0.323 e. The van der Waals surface area contributed by atoms with E-state index in [4.69, 9.17) is 0 Å². The minimum Gasteiger partial charge on any atom is -0.324 e. The molecule has 0 bridgehead atoms. The zero-order valence-electron chi connectivity index (χ0n) is 14.1. The summed E-state index contributed by atoms with van der Waals surface area (Å²) in [6, 6.07) is 11.5. The van der Waals surface area contributed by atoms with Crippen LogP contribution in [-0.2, 0) is 7.05 Å². The van der Waals surface area contributed by atoms with Crippen molar-refractivity contribution in [1.82, 2.24) is 24.9 Å². The van der Waals surface area contributed by atoms with Crippen LogP contribution in [0.15, 0.2) is 42.6 Å². The topological polar surface area (TPSA) is 75.9 Å². The van der Waals surface area contributed by atoms with Crippen molar-refractivity contribution in [2.45, 2.75) is 18.8 Å². The molecule has 1 aliphatic heterocycles. The average Bonchev–Trinajstić information content (AvgIpc) is 3.08. The summed E-state index contributed by atoms with van der Waals surface area (Å²) in [5, 5.41) is 16.5. The van der Waals surface area contributed by atoms with E-state index in [1.54, 1.807) is 0 Å². The molecule has 0 spiro atoms. The highest BCUT2D eigenvalue weighted by Gasteiger charge is 2.25. The Morgan fingerprint density at radius 1 is 1.16 bits per heavy atom. The second-order valence-electron chi connectivity index (χ2n) is 6.39. The van der Waals surface area contributed by atoms with Gasteiger partial charge in [0.1, 0.15) is 0 Å². The Labute approximate surface area is 145 Å². The number of fused-ring (bicyclic) bond motifs is 1. The number of rotatable bonds is 2. The van der Waals surface area contributed by atoms with Crippen LogP contribution in [0.5, 0.6) is 0 Å². The molecule has 7 nitrogen and oxygen atoms in total. The van der Waals surface area contributed by atoms with E-state index in [0.717, 1.165) is 29.4 Å². The number of aryl methyl sites for hydroxylation is 1. The number of nitrogens with one attached hydrogen (secondary N) is 1. The molecule has 25 heavy (non-hydrogen) atoms. The van der Waals surface area contributed by atoms with Gasteiger partial charge >= 0.3 is 6.03 Å². The molecule has 2 amide bonds. The minimum absolute atomic E-state index is 0.121. The summed E-state index contributed by atoms with van der Waals surface area (Å²) in [6.07, 6.45) is 3.81. The molecule has 0 unspecified atom stereocenters. The molecule has 1 aliphatic rings. The van der Waals surface area contributed by atoms with Crippen LogP contribution in [0.3, 0.4) is 0 Å². The first-order valence-electron chi connectivity index (χ1n) is 8.47. The number of likely N-dealkylation sites (tertiary alicyclic amines) is 1. The molecule has 1 saturated heterocycles. The number of hydrogen-bond acceptors (Lipinski definition) is 4. The van der Waals surface area contributed by atoms with Gasteiger partial charge in [-0.1, -0.05) is 18.2 Å². The quantitative estimate of drug-likeness (QED) is 0.781. The molecule has 4 rings (SSSR count). The fourth-order valence-corrected chi connectivity index (χ4v) is 3.26. The molecule has 0 saturated carbocycles. The zero-order chi connectivity index (χ0) is 17.2. The van der Waals surface area contributed by atoms with Gasteiger partial charge in [-0.05, 0) is 31.0 Å². The minimum atomic E-state index is -0.121. The van der Waals surface area contributed by atoms with Crippen LogP contribution in [0, 0.1) is 0 Å². The van der Waals surface area contributed by atoms with Gasteiger partial charge in [-0.2, -0.15) is 5.10 Å². The molecule has 0 atom stereocenters. The van der Waals surface area contributed by atoms with Gasteiger partial charge in [0.2, 0.25) is 0 Å². The van der Waals surface area contributed by atoms with Crippen LogP contribution < -0.4 is 5.32 Å². The van der Waals surface area contributed by atoms with E-state index in [2.05, 4.69) is 26.7 Å². The van der Waals surface area contributed by atoms with Crippen molar-refractivity contribution in [3.8, 4) is 0 Å². The number of benzene rings is 1. The van der Waals surface area contributed by atoms with Gasteiger partial charge in [0, 0.05) is 37.6 Å². The van der Waals surface area contributed by atoms with Crippen molar-refractivity contribution in [3.63, 3.8) is 0 Å². The van der Waals surface area contributed by atoms with Crippen LogP contribution in [0.25, 0.3) is 10.9 Å². The molecular formula is C18H20N6O. The van der Waals surface area contributed by atoms with Crippen molar-refractivity contribution < 1.29 is 4.79 Å². The third kappa shape index (κ3) is 3.31. The average molecular weight is 336 g/mol. The summed E-state index contributed by atoms with van der Waals surface area (Å²) in [7, 11) is 1.93. The number of nitrogens with zero attached hydrogens (tertiary/aromatic N) is 5. The van der Waals surface area contributed by atoms with Gasteiger partial charge in [0.15, 0.2) is 5.82 Å². The molecule has 0 aliphatic carbocycles. The lowest BCUT2D eigenvalue weighted by Crippen LogP contribution is -2.40. The number of aromatic nitrogens is 4. The first-order valence-corrected chi connectivity index (χ1v) is 8.47. The maximum atomic E-state index is 12.5. The summed E-state index contributed by atoms with van der Waals surface area (Å²) >= 11 is 0. The predicted octanol–water partition coefficient (Wildman–Crippen LogP) is 2.77. The van der Waals surface area contributed by atoms with E-state index < -0.39 is 0 Å². The first kappa shape index (κ1) is 15.6. The lowest BCUT2D eigenvalue weighted by atomic mass is 9.94. The number of carbonyl (C=O) groups is 1. The molecule has 0 radical (unpaired) electrons. The number of urea groups is 1. The number of amides is 2. The second kappa shape index (κ2) is 6.51. The maximum absolute atomic E-state index is 12.5. The van der Waals surface area contributed by atoms with Crippen molar-refractivity contribution in [3.05, 3.63) is 48.3 Å². The summed E-state index contributed by atoms with van der Waals surface area (Å²) in [5.41, 5.74) is 1.93. The Hall–Kier alpha value is -2.96. The predicted molar refractivity (Wildman–Crippen MR) is 95.3 cm³/mol. The number of piperidine rings is 1. The molecule has 7 heteroatoms. The SMILES string of the molecule is Cn1ccc(C2CCN(C(=O)Nc3cc4ccccc4nn3)CC2)n1. The highest BCUT2D eigenvalue weighted by atomic mass is 16.2. The van der Waals surface area contributed by atoms with Crippen molar-refractivity contribution in [1.29, 1.82) is 0 Å². The van der Waals surface area contributed by atoms with Crippen LogP contribution >= 0.6 is 0 Å². The molecule has 1 fully saturated rings. The van der Waals surface area contributed by atoms with Gasteiger partial charge in [0.25, 0.3) is 0 Å². The van der Waals surface area contributed by atoms with Crippen LogP contribution in [0.4, 0.5) is 10.6 Å². The van der Waals surface area contributed by atoms with E-state index >= 15 is 0 Å². The Morgan fingerprint density at radius 3 is 2.72 bits per heavy atom. The van der Waals surface area contributed by atoms with Gasteiger partial charge < -0.3 is 4.90 Å². The Morgan fingerprint density at radius 2 is 1.96 bits per heavy atom. The van der Waals surface area contributed by atoms with Crippen LogP contribution in [-0.4, -0.2) is 44.0 Å². The normalized spacial score (nSPS) is 15.5. The first-order chi connectivity index (χ1) is 12.2. The summed E-state index contributed by atoms with van der Waals surface area (Å²) in [6.45, 7) is 1.43. The third-order valence-corrected chi connectivity index (χ3v) is 4.66. The van der Waals surface area contributed by atoms with E-state index in [1.807, 2.05) is 53.2 Å². The summed E-state index contributed by atoms with van der Waals surface area (Å²) in [5.74, 6) is 0.904. The summed E-state index contributed by atoms with van der Waals surface area (Å²) < 4.78 is 1.83. The molecule has 128 valence electrons. The van der Waals surface area contributed by atoms with E-state index in [9.17, 15) is 4.79 Å². The van der Waals surface area contributed by atoms with Crippen LogP contribution in [0.1, 0.15) is 24.5 Å². The van der Waals surface area contributed by atoms with Crippen LogP contribution in [0.2, 0.25) is 0 Å².